The van der Waals surface area contributed by atoms with Crippen LogP contribution in [-0.4, -0.2) is 10.7 Å². The number of hydrogen-bond acceptors (Lipinski definition) is 4. The molecule has 0 radical (unpaired) electrons. The number of nitrogens with zero attached hydrogens (tertiary/aromatic N) is 2. The number of alkyl halides is 3. The van der Waals surface area contributed by atoms with E-state index in [-0.39, 0.29) is 24.2 Å². The number of halogens is 3. The first-order valence-electron chi connectivity index (χ1n) is 5.49. The van der Waals surface area contributed by atoms with Gasteiger partial charge in [0.25, 0.3) is 5.69 Å². The number of nitro groups is 1. The molecule has 1 saturated carbocycles. The lowest BCUT2D eigenvalue weighted by atomic mass is 9.64. The molecule has 20 heavy (non-hydrogen) atoms. The minimum Gasteiger partial charge on any atom is -0.300 e. The van der Waals surface area contributed by atoms with Crippen molar-refractivity contribution in [1.82, 2.24) is 0 Å². The molecule has 0 N–H and O–H groups in total. The molecule has 0 heterocycles. The highest BCUT2D eigenvalue weighted by Crippen LogP contribution is 2.45. The van der Waals surface area contributed by atoms with Gasteiger partial charge in [-0.1, -0.05) is 0 Å². The number of ketones is 1. The van der Waals surface area contributed by atoms with Gasteiger partial charge in [0.2, 0.25) is 0 Å². The molecule has 0 bridgehead atoms. The van der Waals surface area contributed by atoms with Crippen LogP contribution in [0.25, 0.3) is 0 Å². The van der Waals surface area contributed by atoms with Gasteiger partial charge in [-0.15, -0.1) is 0 Å². The van der Waals surface area contributed by atoms with E-state index in [1.165, 1.54) is 0 Å². The number of carbonyl (C=O) groups is 1. The lowest BCUT2D eigenvalue weighted by Crippen LogP contribution is -2.40. The summed E-state index contributed by atoms with van der Waals surface area (Å²) in [6.07, 6.45) is -5.13. The van der Waals surface area contributed by atoms with Gasteiger partial charge >= 0.3 is 6.18 Å². The zero-order valence-electron chi connectivity index (χ0n) is 9.90. The lowest BCUT2D eigenvalue weighted by Gasteiger charge is -2.33. The summed E-state index contributed by atoms with van der Waals surface area (Å²) < 4.78 is 37.7. The van der Waals surface area contributed by atoms with Crippen molar-refractivity contribution in [3.8, 4) is 6.07 Å². The molecule has 104 valence electrons. The molecule has 8 heteroatoms. The van der Waals surface area contributed by atoms with E-state index in [4.69, 9.17) is 5.26 Å². The molecular formula is C12H7F3N2O3. The van der Waals surface area contributed by atoms with Gasteiger partial charge in [-0.3, -0.25) is 14.9 Å². The number of rotatable bonds is 2. The van der Waals surface area contributed by atoms with Gasteiger partial charge in [-0.05, 0) is 12.1 Å². The summed E-state index contributed by atoms with van der Waals surface area (Å²) >= 11 is 0. The second-order valence-electron chi connectivity index (χ2n) is 4.57. The van der Waals surface area contributed by atoms with Crippen LogP contribution in [0.2, 0.25) is 0 Å². The molecular weight excluding hydrogens is 277 g/mol. The fraction of sp³-hybridized carbons (Fsp3) is 0.333. The Labute approximate surface area is 110 Å². The third-order valence-electron chi connectivity index (χ3n) is 3.25. The number of hydrogen-bond donors (Lipinski definition) is 0. The predicted molar refractivity (Wildman–Crippen MR) is 59.6 cm³/mol. The quantitative estimate of drug-likeness (QED) is 0.617. The van der Waals surface area contributed by atoms with E-state index in [0.29, 0.717) is 12.1 Å². The molecule has 0 unspecified atom stereocenters. The molecule has 0 aromatic heterocycles. The van der Waals surface area contributed by atoms with Gasteiger partial charge in [-0.2, -0.15) is 18.4 Å². The van der Waals surface area contributed by atoms with Gasteiger partial charge in [0.15, 0.2) is 0 Å². The van der Waals surface area contributed by atoms with Crippen molar-refractivity contribution in [2.24, 2.45) is 0 Å². The molecule has 2 rings (SSSR count). The predicted octanol–water partition coefficient (Wildman–Crippen LogP) is 2.74. The van der Waals surface area contributed by atoms with Crippen LogP contribution >= 0.6 is 0 Å². The lowest BCUT2D eigenvalue weighted by molar-refractivity contribution is -0.386. The molecule has 0 saturated heterocycles. The Balaban J connectivity index is 2.58. The summed E-state index contributed by atoms with van der Waals surface area (Å²) in [7, 11) is 0. The Morgan fingerprint density at radius 1 is 1.35 bits per heavy atom. The number of benzene rings is 1. The largest absolute Gasteiger partial charge is 0.416 e. The maximum atomic E-state index is 12.6. The van der Waals surface area contributed by atoms with E-state index in [1.54, 1.807) is 0 Å². The van der Waals surface area contributed by atoms with Crippen LogP contribution in [0.4, 0.5) is 18.9 Å². The van der Waals surface area contributed by atoms with Crippen LogP contribution in [0.3, 0.4) is 0 Å². The summed E-state index contributed by atoms with van der Waals surface area (Å²) in [5, 5.41) is 20.0. The summed E-state index contributed by atoms with van der Waals surface area (Å²) in [6.45, 7) is 0. The van der Waals surface area contributed by atoms with E-state index >= 15 is 0 Å². The minimum absolute atomic E-state index is 0.141. The van der Waals surface area contributed by atoms with Crippen LogP contribution in [0.15, 0.2) is 18.2 Å². The maximum absolute atomic E-state index is 12.6. The second-order valence-corrected chi connectivity index (χ2v) is 4.57. The van der Waals surface area contributed by atoms with Crippen molar-refractivity contribution >= 4 is 11.5 Å². The zero-order chi connectivity index (χ0) is 15.1. The van der Waals surface area contributed by atoms with Crippen LogP contribution < -0.4 is 0 Å². The molecule has 0 atom stereocenters. The Morgan fingerprint density at radius 2 is 1.95 bits per heavy atom. The third kappa shape index (κ3) is 2.11. The average molecular weight is 284 g/mol. The zero-order valence-corrected chi connectivity index (χ0v) is 9.90. The monoisotopic (exact) mass is 284 g/mol. The Kier molecular flexibility index (Phi) is 3.01. The van der Waals surface area contributed by atoms with E-state index in [2.05, 4.69) is 0 Å². The smallest absolute Gasteiger partial charge is 0.300 e. The van der Waals surface area contributed by atoms with Crippen LogP contribution in [0.5, 0.6) is 0 Å². The molecule has 0 aliphatic heterocycles. The fourth-order valence-electron chi connectivity index (χ4n) is 2.21. The van der Waals surface area contributed by atoms with Crippen LogP contribution in [0.1, 0.15) is 24.0 Å². The van der Waals surface area contributed by atoms with Crippen molar-refractivity contribution in [2.45, 2.75) is 24.4 Å². The topological polar surface area (TPSA) is 84.0 Å². The Bertz CT molecular complexity index is 638. The van der Waals surface area contributed by atoms with Gasteiger partial charge < -0.3 is 0 Å². The van der Waals surface area contributed by atoms with E-state index in [0.717, 1.165) is 6.07 Å². The first-order chi connectivity index (χ1) is 9.19. The van der Waals surface area contributed by atoms with Crippen molar-refractivity contribution < 1.29 is 22.9 Å². The third-order valence-corrected chi connectivity index (χ3v) is 3.25. The second kappa shape index (κ2) is 4.30. The first kappa shape index (κ1) is 14.0. The molecule has 5 nitrogen and oxygen atoms in total. The normalized spacial score (nSPS) is 17.2. The summed E-state index contributed by atoms with van der Waals surface area (Å²) in [4.78, 5) is 21.0. The van der Waals surface area contributed by atoms with Gasteiger partial charge in [0.05, 0.1) is 22.1 Å². The number of carbonyl (C=O) groups excluding carboxylic acids is 1. The number of nitro benzene ring substituents is 1. The standard InChI is InChI=1S/C12H7F3N2O3/c13-12(14,15)7-1-2-9(10(3-7)17(19)20)11(6-16)4-8(18)5-11/h1-3H,4-5H2. The van der Waals surface area contributed by atoms with Crippen molar-refractivity contribution in [2.75, 3.05) is 0 Å². The van der Waals surface area contributed by atoms with Crippen LogP contribution in [-0.2, 0) is 16.4 Å². The number of nitriles is 1. The highest BCUT2D eigenvalue weighted by molar-refractivity contribution is 5.90. The van der Waals surface area contributed by atoms with Crippen molar-refractivity contribution in [1.29, 1.82) is 5.26 Å². The molecule has 1 fully saturated rings. The number of Topliss-reactive ketones (excluding diaryl/α,β-unsaturated/α-hetero) is 1. The van der Waals surface area contributed by atoms with Gasteiger partial charge in [0.1, 0.15) is 11.2 Å². The summed E-state index contributed by atoms with van der Waals surface area (Å²) in [5.41, 5.74) is -3.47. The fourth-order valence-corrected chi connectivity index (χ4v) is 2.21. The van der Waals surface area contributed by atoms with Crippen LogP contribution in [0, 0.1) is 21.4 Å². The van der Waals surface area contributed by atoms with Crippen molar-refractivity contribution in [3.05, 3.63) is 39.4 Å². The Hall–Kier alpha value is -2.43. The highest BCUT2D eigenvalue weighted by atomic mass is 19.4. The van der Waals surface area contributed by atoms with Crippen molar-refractivity contribution in [3.63, 3.8) is 0 Å². The first-order valence-corrected chi connectivity index (χ1v) is 5.49. The van der Waals surface area contributed by atoms with E-state index < -0.39 is 27.8 Å². The molecule has 0 spiro atoms. The van der Waals surface area contributed by atoms with Gasteiger partial charge in [0, 0.05) is 18.9 Å². The molecule has 1 aromatic carbocycles. The minimum atomic E-state index is -4.71. The molecule has 1 aliphatic rings. The highest BCUT2D eigenvalue weighted by Gasteiger charge is 2.49. The maximum Gasteiger partial charge on any atom is 0.416 e. The SMILES string of the molecule is N#CC1(c2ccc(C(F)(F)F)cc2[N+](=O)[O-])CC(=O)C1. The molecule has 1 aliphatic carbocycles. The molecule has 1 aromatic rings. The Morgan fingerprint density at radius 3 is 2.35 bits per heavy atom. The molecule has 0 amide bonds. The van der Waals surface area contributed by atoms with Gasteiger partial charge in [-0.25, -0.2) is 0 Å². The average Bonchev–Trinajstić information content (AvgIpc) is 2.33. The van der Waals surface area contributed by atoms with E-state index in [1.807, 2.05) is 6.07 Å². The van der Waals surface area contributed by atoms with E-state index in [9.17, 15) is 28.1 Å². The summed E-state index contributed by atoms with van der Waals surface area (Å²) in [6, 6.07) is 3.81. The summed E-state index contributed by atoms with van der Waals surface area (Å²) in [5.74, 6) is -0.249.